The summed E-state index contributed by atoms with van der Waals surface area (Å²) < 4.78 is 1.90. The molecule has 2 N–H and O–H groups in total. The minimum atomic E-state index is 0.231. The molecule has 30 heavy (non-hydrogen) atoms. The maximum Gasteiger partial charge on any atom is 0.220 e. The summed E-state index contributed by atoms with van der Waals surface area (Å²) in [5.74, 6) is 0.231. The molecule has 0 spiro atoms. The first-order chi connectivity index (χ1) is 14.8. The van der Waals surface area contributed by atoms with Gasteiger partial charge in [-0.25, -0.2) is 14.6 Å². The predicted octanol–water partition coefficient (Wildman–Crippen LogP) is 5.25. The lowest BCUT2D eigenvalue weighted by molar-refractivity contribution is 0.879. The van der Waals surface area contributed by atoms with Crippen LogP contribution in [0.15, 0.2) is 103 Å². The molecule has 5 aromatic rings. The maximum absolute atomic E-state index is 5.94. The van der Waals surface area contributed by atoms with Gasteiger partial charge in [0, 0.05) is 16.7 Å². The van der Waals surface area contributed by atoms with E-state index in [1.54, 1.807) is 6.20 Å². The zero-order valence-electron chi connectivity index (χ0n) is 16.2. The summed E-state index contributed by atoms with van der Waals surface area (Å²) >= 11 is 0. The van der Waals surface area contributed by atoms with Crippen molar-refractivity contribution in [1.29, 1.82) is 0 Å². The molecule has 144 valence electrons. The fourth-order valence-corrected chi connectivity index (χ4v) is 3.48. The van der Waals surface area contributed by atoms with Crippen LogP contribution < -0.4 is 5.73 Å². The molecule has 3 aromatic carbocycles. The predicted molar refractivity (Wildman–Crippen MR) is 120 cm³/mol. The maximum atomic E-state index is 5.94. The molecule has 0 fully saturated rings. The van der Waals surface area contributed by atoms with E-state index in [2.05, 4.69) is 40.3 Å². The standard InChI is InChI=1S/C25H19N5/c26-25-27-17-23(24(28-25)20-14-8-3-9-15-20)30-22(19-12-6-2-7-13-19)16-21(29-30)18-10-4-1-5-11-18/h1-17H,(H2,26,27,28). The van der Waals surface area contributed by atoms with Crippen molar-refractivity contribution in [1.82, 2.24) is 19.7 Å². The molecule has 0 amide bonds. The Kier molecular flexibility index (Phi) is 4.54. The van der Waals surface area contributed by atoms with E-state index in [0.717, 1.165) is 39.5 Å². The van der Waals surface area contributed by atoms with Crippen LogP contribution in [0.1, 0.15) is 0 Å². The number of nitrogen functional groups attached to an aromatic ring is 1. The Morgan fingerprint density at radius 1 is 0.667 bits per heavy atom. The molecule has 0 aliphatic rings. The third kappa shape index (κ3) is 3.33. The summed E-state index contributed by atoms with van der Waals surface area (Å²) in [6.45, 7) is 0. The Hall–Kier alpha value is -4.25. The van der Waals surface area contributed by atoms with Gasteiger partial charge in [0.2, 0.25) is 5.95 Å². The number of hydrogen-bond acceptors (Lipinski definition) is 4. The van der Waals surface area contributed by atoms with Gasteiger partial charge in [-0.05, 0) is 6.07 Å². The molecular formula is C25H19N5. The highest BCUT2D eigenvalue weighted by atomic mass is 15.3. The first-order valence-corrected chi connectivity index (χ1v) is 9.69. The van der Waals surface area contributed by atoms with Gasteiger partial charge in [0.05, 0.1) is 17.6 Å². The summed E-state index contributed by atoms with van der Waals surface area (Å²) in [7, 11) is 0. The van der Waals surface area contributed by atoms with Crippen molar-refractivity contribution in [3.63, 3.8) is 0 Å². The number of hydrogen-bond donors (Lipinski definition) is 1. The largest absolute Gasteiger partial charge is 0.368 e. The molecule has 2 aromatic heterocycles. The zero-order chi connectivity index (χ0) is 20.3. The topological polar surface area (TPSA) is 69.6 Å². The van der Waals surface area contributed by atoms with Gasteiger partial charge in [0.1, 0.15) is 11.4 Å². The quantitative estimate of drug-likeness (QED) is 0.456. The highest BCUT2D eigenvalue weighted by Crippen LogP contribution is 2.32. The van der Waals surface area contributed by atoms with Crippen LogP contribution in [0.25, 0.3) is 39.5 Å². The summed E-state index contributed by atoms with van der Waals surface area (Å²) in [6.07, 6.45) is 1.74. The first kappa shape index (κ1) is 17.8. The third-order valence-electron chi connectivity index (χ3n) is 4.91. The molecule has 0 aliphatic heterocycles. The van der Waals surface area contributed by atoms with Gasteiger partial charge in [0.15, 0.2) is 0 Å². The smallest absolute Gasteiger partial charge is 0.220 e. The number of aromatic nitrogens is 4. The van der Waals surface area contributed by atoms with E-state index in [-0.39, 0.29) is 5.95 Å². The van der Waals surface area contributed by atoms with Crippen molar-refractivity contribution in [2.24, 2.45) is 0 Å². The second-order valence-corrected chi connectivity index (χ2v) is 6.89. The van der Waals surface area contributed by atoms with E-state index in [4.69, 9.17) is 10.8 Å². The molecular weight excluding hydrogens is 370 g/mol. The normalized spacial score (nSPS) is 10.8. The van der Waals surface area contributed by atoms with Gasteiger partial charge < -0.3 is 5.73 Å². The fraction of sp³-hybridized carbons (Fsp3) is 0. The van der Waals surface area contributed by atoms with E-state index in [1.165, 1.54) is 0 Å². The summed E-state index contributed by atoms with van der Waals surface area (Å²) in [5.41, 5.74) is 12.3. The molecule has 0 radical (unpaired) electrons. The van der Waals surface area contributed by atoms with Gasteiger partial charge in [-0.3, -0.25) is 0 Å². The van der Waals surface area contributed by atoms with Crippen LogP contribution in [0.5, 0.6) is 0 Å². The fourth-order valence-electron chi connectivity index (χ4n) is 3.48. The van der Waals surface area contributed by atoms with Gasteiger partial charge in [0.25, 0.3) is 0 Å². The molecule has 0 aliphatic carbocycles. The van der Waals surface area contributed by atoms with Crippen molar-refractivity contribution in [3.8, 4) is 39.5 Å². The average Bonchev–Trinajstić information content (AvgIpc) is 3.26. The summed E-state index contributed by atoms with van der Waals surface area (Å²) in [6, 6.07) is 32.4. The highest BCUT2D eigenvalue weighted by molar-refractivity contribution is 5.75. The Balaban J connectivity index is 1.76. The average molecular weight is 389 g/mol. The van der Waals surface area contributed by atoms with E-state index < -0.39 is 0 Å². The summed E-state index contributed by atoms with van der Waals surface area (Å²) in [5, 5.41) is 4.94. The minimum Gasteiger partial charge on any atom is -0.368 e. The van der Waals surface area contributed by atoms with Crippen LogP contribution in [0.2, 0.25) is 0 Å². The molecule has 5 nitrogen and oxygen atoms in total. The number of anilines is 1. The highest BCUT2D eigenvalue weighted by Gasteiger charge is 2.18. The van der Waals surface area contributed by atoms with Crippen LogP contribution in [-0.2, 0) is 0 Å². The second kappa shape index (κ2) is 7.64. The van der Waals surface area contributed by atoms with Gasteiger partial charge in [-0.15, -0.1) is 0 Å². The van der Waals surface area contributed by atoms with E-state index in [1.807, 2.05) is 71.4 Å². The van der Waals surface area contributed by atoms with Gasteiger partial charge in [-0.1, -0.05) is 91.0 Å². The Morgan fingerprint density at radius 2 is 1.23 bits per heavy atom. The summed E-state index contributed by atoms with van der Waals surface area (Å²) in [4.78, 5) is 8.81. The van der Waals surface area contributed by atoms with Gasteiger partial charge >= 0.3 is 0 Å². The van der Waals surface area contributed by atoms with E-state index >= 15 is 0 Å². The van der Waals surface area contributed by atoms with Crippen LogP contribution in [0, 0.1) is 0 Å². The van der Waals surface area contributed by atoms with Crippen LogP contribution in [-0.4, -0.2) is 19.7 Å². The lowest BCUT2D eigenvalue weighted by Gasteiger charge is -2.12. The molecule has 0 bridgehead atoms. The lowest BCUT2D eigenvalue weighted by atomic mass is 10.1. The van der Waals surface area contributed by atoms with Crippen molar-refractivity contribution < 1.29 is 0 Å². The minimum absolute atomic E-state index is 0.231. The number of rotatable bonds is 4. The third-order valence-corrected chi connectivity index (χ3v) is 4.91. The monoisotopic (exact) mass is 389 g/mol. The Bertz CT molecular complexity index is 1280. The Morgan fingerprint density at radius 3 is 1.87 bits per heavy atom. The molecule has 0 saturated carbocycles. The van der Waals surface area contributed by atoms with Crippen LogP contribution in [0.4, 0.5) is 5.95 Å². The zero-order valence-corrected chi connectivity index (χ0v) is 16.2. The molecule has 0 atom stereocenters. The molecule has 5 heteroatoms. The van der Waals surface area contributed by atoms with Crippen molar-refractivity contribution in [2.45, 2.75) is 0 Å². The van der Waals surface area contributed by atoms with Crippen LogP contribution in [0.3, 0.4) is 0 Å². The van der Waals surface area contributed by atoms with Crippen molar-refractivity contribution in [2.75, 3.05) is 5.73 Å². The SMILES string of the molecule is Nc1ncc(-n2nc(-c3ccccc3)cc2-c2ccccc2)c(-c2ccccc2)n1. The Labute approximate surface area is 174 Å². The van der Waals surface area contributed by atoms with Crippen molar-refractivity contribution in [3.05, 3.63) is 103 Å². The molecule has 0 saturated heterocycles. The number of benzene rings is 3. The van der Waals surface area contributed by atoms with E-state index in [0.29, 0.717) is 0 Å². The first-order valence-electron chi connectivity index (χ1n) is 9.69. The molecule has 0 unspecified atom stereocenters. The second-order valence-electron chi connectivity index (χ2n) is 6.89. The number of nitrogens with zero attached hydrogens (tertiary/aromatic N) is 4. The van der Waals surface area contributed by atoms with E-state index in [9.17, 15) is 0 Å². The van der Waals surface area contributed by atoms with Crippen LogP contribution >= 0.6 is 0 Å². The van der Waals surface area contributed by atoms with Gasteiger partial charge in [-0.2, -0.15) is 5.10 Å². The number of nitrogens with two attached hydrogens (primary N) is 1. The van der Waals surface area contributed by atoms with Crippen molar-refractivity contribution >= 4 is 5.95 Å². The molecule has 5 rings (SSSR count). The lowest BCUT2D eigenvalue weighted by Crippen LogP contribution is -2.06. The molecule has 2 heterocycles.